The van der Waals surface area contributed by atoms with Crippen LogP contribution in [-0.4, -0.2) is 53.2 Å². The van der Waals surface area contributed by atoms with E-state index in [-0.39, 0.29) is 30.8 Å². The first-order valence-corrected chi connectivity index (χ1v) is 11.9. The van der Waals surface area contributed by atoms with E-state index in [0.717, 1.165) is 6.42 Å². The van der Waals surface area contributed by atoms with Gasteiger partial charge < -0.3 is 34.5 Å². The van der Waals surface area contributed by atoms with Crippen LogP contribution in [0.4, 0.5) is 9.59 Å². The van der Waals surface area contributed by atoms with E-state index >= 15 is 0 Å². The van der Waals surface area contributed by atoms with E-state index in [0.29, 0.717) is 12.0 Å². The van der Waals surface area contributed by atoms with Crippen LogP contribution in [-0.2, 0) is 30.2 Å². The van der Waals surface area contributed by atoms with Crippen LogP contribution in [0.15, 0.2) is 18.2 Å². The highest BCUT2D eigenvalue weighted by Gasteiger charge is 2.37. The van der Waals surface area contributed by atoms with Gasteiger partial charge in [-0.2, -0.15) is 0 Å². The zero-order valence-corrected chi connectivity index (χ0v) is 21.7. The van der Waals surface area contributed by atoms with Gasteiger partial charge in [-0.25, -0.2) is 9.59 Å². The third-order valence-electron chi connectivity index (χ3n) is 4.72. The predicted octanol–water partition coefficient (Wildman–Crippen LogP) is 4.37. The summed E-state index contributed by atoms with van der Waals surface area (Å²) in [6.07, 6.45) is -2.37. The van der Waals surface area contributed by atoms with Crippen molar-refractivity contribution in [2.75, 3.05) is 0 Å². The maximum Gasteiger partial charge on any atom is 0.514 e. The molecule has 0 radical (unpaired) electrons. The molecule has 11 heteroatoms. The number of esters is 1. The van der Waals surface area contributed by atoms with Crippen LogP contribution in [0, 0.1) is 0 Å². The molecule has 0 aliphatic heterocycles. The fourth-order valence-corrected chi connectivity index (χ4v) is 3.20. The van der Waals surface area contributed by atoms with Crippen molar-refractivity contribution in [3.63, 3.8) is 0 Å². The number of ether oxygens (including phenoxy) is 5. The summed E-state index contributed by atoms with van der Waals surface area (Å²) in [5.41, 5.74) is 4.77. The van der Waals surface area contributed by atoms with E-state index in [1.165, 1.54) is 18.2 Å². The van der Waals surface area contributed by atoms with Gasteiger partial charge >= 0.3 is 24.2 Å². The van der Waals surface area contributed by atoms with Gasteiger partial charge in [0.05, 0.1) is 12.2 Å². The molecule has 0 aliphatic rings. The Balaban J connectivity index is 3.15. The van der Waals surface area contributed by atoms with E-state index in [1.54, 1.807) is 34.6 Å². The van der Waals surface area contributed by atoms with Crippen LogP contribution in [0.25, 0.3) is 0 Å². The van der Waals surface area contributed by atoms with Gasteiger partial charge in [0.2, 0.25) is 0 Å². The maximum absolute atomic E-state index is 12.1. The zero-order valence-electron chi connectivity index (χ0n) is 21.7. The number of carbonyl (C=O) groups is 4. The number of hydrogen-bond donors (Lipinski definition) is 2. The summed E-state index contributed by atoms with van der Waals surface area (Å²) in [5.74, 6) is -2.06. The molecule has 0 saturated carbocycles. The first-order valence-electron chi connectivity index (χ1n) is 11.9. The number of aliphatic carboxylic acids is 1. The number of carbonyl (C=O) groups excluding carboxylic acids is 3. The molecular formula is C25H37NO10. The second-order valence-electron chi connectivity index (χ2n) is 9.06. The highest BCUT2D eigenvalue weighted by Crippen LogP contribution is 2.31. The Bertz CT molecular complexity index is 914. The van der Waals surface area contributed by atoms with E-state index < -0.39 is 48.1 Å². The topological polar surface area (TPSA) is 161 Å². The molecule has 0 aromatic heterocycles. The molecule has 0 aliphatic carbocycles. The Morgan fingerprint density at radius 1 is 0.917 bits per heavy atom. The highest BCUT2D eigenvalue weighted by molar-refractivity contribution is 5.79. The monoisotopic (exact) mass is 511 g/mol. The summed E-state index contributed by atoms with van der Waals surface area (Å²) in [6.45, 7) is 10.0. The van der Waals surface area contributed by atoms with E-state index in [9.17, 15) is 24.3 Å². The van der Waals surface area contributed by atoms with Crippen molar-refractivity contribution < 1.29 is 48.0 Å². The highest BCUT2D eigenvalue weighted by atomic mass is 16.7. The first-order chi connectivity index (χ1) is 16.7. The van der Waals surface area contributed by atoms with Gasteiger partial charge in [-0.05, 0) is 58.7 Å². The average Bonchev–Trinajstić information content (AvgIpc) is 2.72. The van der Waals surface area contributed by atoms with Gasteiger partial charge in [0.15, 0.2) is 11.5 Å². The van der Waals surface area contributed by atoms with E-state index in [4.69, 9.17) is 29.4 Å². The molecule has 0 heterocycles. The largest absolute Gasteiger partial charge is 0.514 e. The summed E-state index contributed by atoms with van der Waals surface area (Å²) in [5, 5.41) is 9.83. The minimum atomic E-state index is -1.81. The smallest absolute Gasteiger partial charge is 0.480 e. The van der Waals surface area contributed by atoms with Gasteiger partial charge in [-0.15, -0.1) is 0 Å². The lowest BCUT2D eigenvalue weighted by atomic mass is 9.86. The van der Waals surface area contributed by atoms with E-state index in [1.807, 2.05) is 6.92 Å². The molecular weight excluding hydrogens is 474 g/mol. The number of unbranched alkanes of at least 4 members (excludes halogenated alkanes) is 1. The normalized spacial score (nSPS) is 13.5. The number of carboxylic acids is 1. The van der Waals surface area contributed by atoms with Crippen LogP contribution >= 0.6 is 0 Å². The van der Waals surface area contributed by atoms with Crippen molar-refractivity contribution in [1.82, 2.24) is 0 Å². The van der Waals surface area contributed by atoms with Crippen LogP contribution in [0.3, 0.4) is 0 Å². The van der Waals surface area contributed by atoms with Crippen molar-refractivity contribution >= 4 is 24.2 Å². The Hall–Kier alpha value is -3.34. The Morgan fingerprint density at radius 3 is 1.97 bits per heavy atom. The van der Waals surface area contributed by atoms with Gasteiger partial charge in [-0.1, -0.05) is 19.4 Å². The summed E-state index contributed by atoms with van der Waals surface area (Å²) in [6, 6.07) is 4.12. The van der Waals surface area contributed by atoms with Crippen LogP contribution in [0.1, 0.15) is 72.8 Å². The molecule has 11 nitrogen and oxygen atoms in total. The molecule has 1 aromatic carbocycles. The molecule has 3 N–H and O–H groups in total. The number of benzene rings is 1. The average molecular weight is 512 g/mol. The minimum absolute atomic E-state index is 0.138. The molecule has 1 rings (SSSR count). The molecule has 0 saturated heterocycles. The van der Waals surface area contributed by atoms with Crippen LogP contribution < -0.4 is 15.2 Å². The number of hydrogen-bond acceptors (Lipinski definition) is 10. The summed E-state index contributed by atoms with van der Waals surface area (Å²) < 4.78 is 25.6. The summed E-state index contributed by atoms with van der Waals surface area (Å²) >= 11 is 0. The number of rotatable bonds is 13. The van der Waals surface area contributed by atoms with Gasteiger partial charge in [0.1, 0.15) is 11.6 Å². The molecule has 1 unspecified atom stereocenters. The SMILES string of the molecule is CCCCC(=O)O[C@@H](C)CC(N)(Cc1ccc(OC(=O)OC(C)C)c(OC(=O)OC(C)C)c1)C(=O)O. The van der Waals surface area contributed by atoms with Crippen molar-refractivity contribution in [2.24, 2.45) is 5.73 Å². The molecule has 0 spiro atoms. The number of carboxylic acid groups (broad SMARTS) is 1. The first kappa shape index (κ1) is 30.7. The van der Waals surface area contributed by atoms with Gasteiger partial charge in [-0.3, -0.25) is 9.59 Å². The second kappa shape index (κ2) is 14.3. The lowest BCUT2D eigenvalue weighted by Crippen LogP contribution is -2.52. The molecule has 36 heavy (non-hydrogen) atoms. The van der Waals surface area contributed by atoms with Crippen molar-refractivity contribution in [3.05, 3.63) is 23.8 Å². The molecule has 0 fully saturated rings. The standard InChI is InChI=1S/C25H37NO10/c1-7-8-9-21(27)34-17(6)13-25(26,22(28)29)14-18-10-11-19(35-23(30)32-15(2)3)20(12-18)36-24(31)33-16(4)5/h10-12,15-17H,7-9,13-14,26H2,1-6H3,(H,28,29)/t17-,25?/m0/s1. The Kier molecular flexibility index (Phi) is 12.2. The van der Waals surface area contributed by atoms with Crippen molar-refractivity contribution in [2.45, 2.75) is 97.5 Å². The zero-order chi connectivity index (χ0) is 27.5. The van der Waals surface area contributed by atoms with E-state index in [2.05, 4.69) is 0 Å². The molecule has 1 aromatic rings. The Morgan fingerprint density at radius 2 is 1.47 bits per heavy atom. The van der Waals surface area contributed by atoms with Gasteiger partial charge in [0.25, 0.3) is 0 Å². The van der Waals surface area contributed by atoms with Crippen molar-refractivity contribution in [1.29, 1.82) is 0 Å². The minimum Gasteiger partial charge on any atom is -0.480 e. The third-order valence-corrected chi connectivity index (χ3v) is 4.72. The van der Waals surface area contributed by atoms with Crippen molar-refractivity contribution in [3.8, 4) is 11.5 Å². The molecule has 0 bridgehead atoms. The molecule has 202 valence electrons. The molecule has 2 atom stereocenters. The maximum atomic E-state index is 12.1. The predicted molar refractivity (Wildman–Crippen MR) is 129 cm³/mol. The van der Waals surface area contributed by atoms with Crippen LogP contribution in [0.2, 0.25) is 0 Å². The number of nitrogens with two attached hydrogens (primary N) is 1. The molecule has 0 amide bonds. The lowest BCUT2D eigenvalue weighted by molar-refractivity contribution is -0.153. The fraction of sp³-hybridized carbons (Fsp3) is 0.600. The quantitative estimate of drug-likeness (QED) is 0.220. The van der Waals surface area contributed by atoms with Gasteiger partial charge in [0, 0.05) is 19.3 Å². The second-order valence-corrected chi connectivity index (χ2v) is 9.06. The third kappa shape index (κ3) is 10.9. The summed E-state index contributed by atoms with van der Waals surface area (Å²) in [7, 11) is 0. The summed E-state index contributed by atoms with van der Waals surface area (Å²) in [4.78, 5) is 48.0. The fourth-order valence-electron chi connectivity index (χ4n) is 3.20. The Labute approximate surface area is 211 Å². The lowest BCUT2D eigenvalue weighted by Gasteiger charge is -2.28. The van der Waals surface area contributed by atoms with Crippen LogP contribution in [0.5, 0.6) is 11.5 Å².